The zero-order valence-corrected chi connectivity index (χ0v) is 23.6. The Balaban J connectivity index is 1.34. The van der Waals surface area contributed by atoms with E-state index in [1.54, 1.807) is 27.8 Å². The summed E-state index contributed by atoms with van der Waals surface area (Å²) in [7, 11) is 1.85. The van der Waals surface area contributed by atoms with E-state index < -0.39 is 6.55 Å². The summed E-state index contributed by atoms with van der Waals surface area (Å²) >= 11 is 6.40. The second-order valence-electron chi connectivity index (χ2n) is 11.7. The molecule has 3 saturated heterocycles. The van der Waals surface area contributed by atoms with Gasteiger partial charge in [0, 0.05) is 53.8 Å². The van der Waals surface area contributed by atoms with Crippen molar-refractivity contribution in [1.29, 1.82) is 0 Å². The average Bonchev–Trinajstić information content (AvgIpc) is 3.53. The molecule has 3 aliphatic rings. The van der Waals surface area contributed by atoms with Gasteiger partial charge in [0.25, 0.3) is 5.56 Å². The van der Waals surface area contributed by atoms with Crippen LogP contribution in [0.3, 0.4) is 0 Å². The average molecular weight is 575 g/mol. The zero-order valence-electron chi connectivity index (χ0n) is 22.9. The first-order valence-corrected chi connectivity index (χ1v) is 14.6. The lowest BCUT2D eigenvalue weighted by Gasteiger charge is -2.42. The SMILES string of the molecule is C[C@@H]1CCC[C@H](n2cnc(-c3cc(Cl)cc4c3cnn4C)cc2=O)C2CC(CCN2)C2C(CNN2C(F)F)NC1. The van der Waals surface area contributed by atoms with Crippen molar-refractivity contribution < 1.29 is 8.78 Å². The number of piperidine rings is 1. The highest BCUT2D eigenvalue weighted by Gasteiger charge is 2.45. The summed E-state index contributed by atoms with van der Waals surface area (Å²) in [5.41, 5.74) is 5.01. The van der Waals surface area contributed by atoms with Crippen LogP contribution in [-0.4, -0.2) is 68.6 Å². The molecule has 0 aliphatic carbocycles. The molecule has 4 unspecified atom stereocenters. The quantitative estimate of drug-likeness (QED) is 0.412. The Hall–Kier alpha value is -2.44. The van der Waals surface area contributed by atoms with Gasteiger partial charge in [-0.2, -0.15) is 18.9 Å². The van der Waals surface area contributed by atoms with E-state index >= 15 is 0 Å². The van der Waals surface area contributed by atoms with Crippen LogP contribution < -0.4 is 21.6 Å². The number of benzene rings is 1. The standard InChI is InChI=1S/C28H37ClF2N8O/c1-16-4-3-5-24(22-8-17(6-7-32-22)27-23(33-12-16)14-36-39(27)28(30)31)38-15-34-21(11-26(38)40)19-9-18(29)10-25-20(19)13-35-37(25)2/h9-11,13,15-17,22-24,27-28,32-33,36H,3-8,12,14H2,1-2H3/t16-,17?,22?,23?,24+,27?/m1/s1. The lowest BCUT2D eigenvalue weighted by atomic mass is 9.79. The molecule has 3 fully saturated rings. The predicted octanol–water partition coefficient (Wildman–Crippen LogP) is 3.55. The fourth-order valence-electron chi connectivity index (χ4n) is 7.05. The number of hydrogen-bond acceptors (Lipinski definition) is 7. The van der Waals surface area contributed by atoms with E-state index in [9.17, 15) is 13.6 Å². The van der Waals surface area contributed by atoms with Crippen molar-refractivity contribution >= 4 is 22.5 Å². The van der Waals surface area contributed by atoms with E-state index in [1.165, 1.54) is 0 Å². The topological polar surface area (TPSA) is 92.0 Å². The molecule has 6 rings (SSSR count). The van der Waals surface area contributed by atoms with Crippen LogP contribution in [0.5, 0.6) is 0 Å². The molecular weight excluding hydrogens is 538 g/mol. The van der Waals surface area contributed by atoms with Crippen molar-refractivity contribution in [2.24, 2.45) is 18.9 Å². The summed E-state index contributed by atoms with van der Waals surface area (Å²) in [6.07, 6.45) is 7.71. The number of rotatable bonds is 3. The number of nitrogens with zero attached hydrogens (tertiary/aromatic N) is 5. The Labute approximate surface area is 237 Å². The first-order valence-electron chi connectivity index (χ1n) is 14.3. The minimum atomic E-state index is -2.57. The summed E-state index contributed by atoms with van der Waals surface area (Å²) in [6, 6.07) is 4.76. The molecule has 2 bridgehead atoms. The molecule has 216 valence electrons. The minimum Gasteiger partial charge on any atom is -0.312 e. The Morgan fingerprint density at radius 2 is 1.95 bits per heavy atom. The van der Waals surface area contributed by atoms with Gasteiger partial charge in [-0.25, -0.2) is 10.4 Å². The van der Waals surface area contributed by atoms with Crippen LogP contribution in [0.1, 0.15) is 45.1 Å². The highest BCUT2D eigenvalue weighted by Crippen LogP contribution is 2.35. The van der Waals surface area contributed by atoms with Gasteiger partial charge in [0.05, 0.1) is 29.8 Å². The summed E-state index contributed by atoms with van der Waals surface area (Å²) in [5.74, 6) is 0.467. The Bertz CT molecular complexity index is 1410. The van der Waals surface area contributed by atoms with Crippen molar-refractivity contribution in [2.45, 2.75) is 69.7 Å². The normalized spacial score (nSPS) is 30.2. The van der Waals surface area contributed by atoms with Gasteiger partial charge >= 0.3 is 6.55 Å². The maximum absolute atomic E-state index is 14.0. The van der Waals surface area contributed by atoms with Gasteiger partial charge in [-0.05, 0) is 62.7 Å². The summed E-state index contributed by atoms with van der Waals surface area (Å²) < 4.78 is 31.5. The van der Waals surface area contributed by atoms with Crippen LogP contribution in [0.15, 0.2) is 35.5 Å². The number of aromatic nitrogens is 4. The monoisotopic (exact) mass is 574 g/mol. The second kappa shape index (κ2) is 11.4. The Morgan fingerprint density at radius 3 is 2.75 bits per heavy atom. The highest BCUT2D eigenvalue weighted by atomic mass is 35.5. The lowest BCUT2D eigenvalue weighted by Crippen LogP contribution is -2.56. The van der Waals surface area contributed by atoms with E-state index in [-0.39, 0.29) is 35.6 Å². The maximum atomic E-state index is 14.0. The third-order valence-corrected chi connectivity index (χ3v) is 9.31. The van der Waals surface area contributed by atoms with Gasteiger partial charge in [0.15, 0.2) is 0 Å². The lowest BCUT2D eigenvalue weighted by molar-refractivity contribution is -0.0841. The number of halogens is 3. The molecule has 0 amide bonds. The Kier molecular flexibility index (Phi) is 7.93. The molecule has 3 aliphatic heterocycles. The summed E-state index contributed by atoms with van der Waals surface area (Å²) in [4.78, 5) is 18.4. The molecule has 5 heterocycles. The largest absolute Gasteiger partial charge is 0.312 e. The van der Waals surface area contributed by atoms with Crippen molar-refractivity contribution in [1.82, 2.24) is 40.4 Å². The van der Waals surface area contributed by atoms with Crippen LogP contribution in [0, 0.1) is 11.8 Å². The molecule has 0 radical (unpaired) electrons. The number of hydrazine groups is 1. The third-order valence-electron chi connectivity index (χ3n) is 9.09. The first-order chi connectivity index (χ1) is 19.3. The number of nitrogens with one attached hydrogen (secondary N) is 3. The first kappa shape index (κ1) is 27.7. The van der Waals surface area contributed by atoms with Crippen LogP contribution in [0.25, 0.3) is 22.2 Å². The predicted molar refractivity (Wildman–Crippen MR) is 151 cm³/mol. The van der Waals surface area contributed by atoms with Gasteiger partial charge in [-0.15, -0.1) is 0 Å². The minimum absolute atomic E-state index is 0.0178. The number of fused-ring (bicyclic) bond motifs is 5. The van der Waals surface area contributed by atoms with Crippen molar-refractivity contribution in [2.75, 3.05) is 19.6 Å². The van der Waals surface area contributed by atoms with Gasteiger partial charge < -0.3 is 10.6 Å². The second-order valence-corrected chi connectivity index (χ2v) is 12.1. The molecule has 9 nitrogen and oxygen atoms in total. The van der Waals surface area contributed by atoms with Crippen LogP contribution >= 0.6 is 11.6 Å². The molecule has 0 spiro atoms. The fraction of sp³-hybridized carbons (Fsp3) is 0.607. The van der Waals surface area contributed by atoms with Crippen molar-refractivity contribution in [3.8, 4) is 11.3 Å². The molecule has 3 aromatic rings. The van der Waals surface area contributed by atoms with E-state index in [1.807, 2.05) is 19.2 Å². The van der Waals surface area contributed by atoms with E-state index in [4.69, 9.17) is 16.6 Å². The number of hydrogen-bond donors (Lipinski definition) is 3. The third kappa shape index (κ3) is 5.30. The fourth-order valence-corrected chi connectivity index (χ4v) is 7.26. The molecule has 6 atom stereocenters. The smallest absolute Gasteiger partial charge is 0.307 e. The molecule has 40 heavy (non-hydrogen) atoms. The molecule has 2 aromatic heterocycles. The zero-order chi connectivity index (χ0) is 28.0. The van der Waals surface area contributed by atoms with Crippen molar-refractivity contribution in [3.63, 3.8) is 0 Å². The van der Waals surface area contributed by atoms with E-state index in [2.05, 4.69) is 28.1 Å². The number of aryl methyl sites for hydroxylation is 1. The summed E-state index contributed by atoms with van der Waals surface area (Å²) in [6.45, 7) is 1.64. The van der Waals surface area contributed by atoms with E-state index in [0.29, 0.717) is 29.6 Å². The molecule has 3 N–H and O–H groups in total. The highest BCUT2D eigenvalue weighted by molar-refractivity contribution is 6.31. The van der Waals surface area contributed by atoms with Crippen LogP contribution in [-0.2, 0) is 7.05 Å². The molecule has 1 aromatic carbocycles. The van der Waals surface area contributed by atoms with Gasteiger partial charge in [-0.1, -0.05) is 24.9 Å². The van der Waals surface area contributed by atoms with Crippen LogP contribution in [0.2, 0.25) is 5.02 Å². The maximum Gasteiger partial charge on any atom is 0.307 e. The van der Waals surface area contributed by atoms with Gasteiger partial charge in [-0.3, -0.25) is 14.0 Å². The van der Waals surface area contributed by atoms with Crippen LogP contribution in [0.4, 0.5) is 8.78 Å². The molecule has 12 heteroatoms. The van der Waals surface area contributed by atoms with Gasteiger partial charge in [0.1, 0.15) is 0 Å². The number of alkyl halides is 2. The molecular formula is C28H37ClF2N8O. The Morgan fingerprint density at radius 1 is 1.10 bits per heavy atom. The molecule has 0 saturated carbocycles. The van der Waals surface area contributed by atoms with E-state index in [0.717, 1.165) is 60.2 Å². The van der Waals surface area contributed by atoms with Gasteiger partial charge in [0.2, 0.25) is 0 Å². The van der Waals surface area contributed by atoms with Crippen molar-refractivity contribution in [3.05, 3.63) is 46.1 Å². The summed E-state index contributed by atoms with van der Waals surface area (Å²) in [5, 5.41) is 14.2.